The number of hydrogen-bond acceptors (Lipinski definition) is 4. The lowest BCUT2D eigenvalue weighted by atomic mass is 10.3. The van der Waals surface area contributed by atoms with Gasteiger partial charge in [0.1, 0.15) is 5.75 Å². The van der Waals surface area contributed by atoms with Gasteiger partial charge in [-0.2, -0.15) is 0 Å². The lowest BCUT2D eigenvalue weighted by Gasteiger charge is -2.11. The zero-order valence-corrected chi connectivity index (χ0v) is 17.5. The van der Waals surface area contributed by atoms with Crippen LogP contribution in [-0.2, 0) is 14.8 Å². The van der Waals surface area contributed by atoms with Crippen LogP contribution < -0.4 is 14.8 Å². The summed E-state index contributed by atoms with van der Waals surface area (Å²) in [6.45, 7) is 3.14. The van der Waals surface area contributed by atoms with Gasteiger partial charge in [-0.25, -0.2) is 13.1 Å². The quantitative estimate of drug-likeness (QED) is 0.613. The summed E-state index contributed by atoms with van der Waals surface area (Å²) in [5, 5.41) is 3.35. The van der Waals surface area contributed by atoms with E-state index in [9.17, 15) is 13.2 Å². The summed E-state index contributed by atoms with van der Waals surface area (Å²) < 4.78 is 32.0. The van der Waals surface area contributed by atoms with E-state index in [0.29, 0.717) is 5.69 Å². The minimum absolute atomic E-state index is 0.105. The maximum absolute atomic E-state index is 12.1. The third kappa shape index (κ3) is 6.26. The molecular formula is C17H17Cl3N2O4S. The Hall–Kier alpha value is -1.51. The average Bonchev–Trinajstić information content (AvgIpc) is 2.56. The molecule has 0 aromatic heterocycles. The van der Waals surface area contributed by atoms with Gasteiger partial charge in [0.15, 0.2) is 6.61 Å². The second-order valence-electron chi connectivity index (χ2n) is 5.83. The molecule has 0 fully saturated rings. The molecule has 0 bridgehead atoms. The Morgan fingerprint density at radius 1 is 1.04 bits per heavy atom. The number of carbonyl (C=O) groups is 1. The maximum atomic E-state index is 12.1. The van der Waals surface area contributed by atoms with Gasteiger partial charge < -0.3 is 10.1 Å². The number of sulfonamides is 1. The minimum atomic E-state index is -3.59. The Kier molecular flexibility index (Phi) is 7.36. The second-order valence-corrected chi connectivity index (χ2v) is 8.77. The van der Waals surface area contributed by atoms with Crippen molar-refractivity contribution in [2.75, 3.05) is 11.9 Å². The fraction of sp³-hybridized carbons (Fsp3) is 0.235. The molecule has 2 aromatic rings. The molecule has 0 spiro atoms. The highest BCUT2D eigenvalue weighted by molar-refractivity contribution is 7.89. The molecule has 2 rings (SSSR count). The van der Waals surface area contributed by atoms with Gasteiger partial charge in [0.2, 0.25) is 10.0 Å². The third-order valence-electron chi connectivity index (χ3n) is 3.17. The number of carbonyl (C=O) groups excluding carboxylic acids is 1. The highest BCUT2D eigenvalue weighted by Gasteiger charge is 2.15. The normalized spacial score (nSPS) is 11.5. The first-order valence-electron chi connectivity index (χ1n) is 7.78. The van der Waals surface area contributed by atoms with Crippen molar-refractivity contribution >= 4 is 56.4 Å². The van der Waals surface area contributed by atoms with E-state index in [0.717, 1.165) is 0 Å². The van der Waals surface area contributed by atoms with Crippen LogP contribution in [0.3, 0.4) is 0 Å². The third-order valence-corrected chi connectivity index (χ3v) is 5.86. The lowest BCUT2D eigenvalue weighted by molar-refractivity contribution is -0.118. The van der Waals surface area contributed by atoms with Crippen molar-refractivity contribution in [3.8, 4) is 5.75 Å². The summed E-state index contributed by atoms with van der Waals surface area (Å²) >= 11 is 17.7. The first-order chi connectivity index (χ1) is 12.6. The molecule has 0 aliphatic rings. The Bertz CT molecular complexity index is 932. The molecule has 0 radical (unpaired) electrons. The van der Waals surface area contributed by atoms with Gasteiger partial charge in [-0.15, -0.1) is 0 Å². The second kappa shape index (κ2) is 9.12. The standard InChI is InChI=1S/C17H17Cl3N2O4S/c1-10(2)22-27(24,25)12-5-3-11(4-6-12)21-17(23)9-26-16-8-14(19)13(18)7-15(16)20/h3-8,10,22H,9H2,1-2H3,(H,21,23). The minimum Gasteiger partial charge on any atom is -0.482 e. The van der Waals surface area contributed by atoms with E-state index in [1.165, 1.54) is 36.4 Å². The van der Waals surface area contributed by atoms with Crippen molar-refractivity contribution in [3.05, 3.63) is 51.5 Å². The van der Waals surface area contributed by atoms with Crippen LogP contribution in [0.4, 0.5) is 5.69 Å². The van der Waals surface area contributed by atoms with Crippen LogP contribution in [-0.4, -0.2) is 27.0 Å². The molecule has 0 unspecified atom stereocenters. The Balaban J connectivity index is 1.97. The van der Waals surface area contributed by atoms with E-state index in [1.807, 2.05) is 0 Å². The van der Waals surface area contributed by atoms with E-state index < -0.39 is 15.9 Å². The van der Waals surface area contributed by atoms with Gasteiger partial charge in [0.05, 0.1) is 20.0 Å². The number of nitrogens with one attached hydrogen (secondary N) is 2. The van der Waals surface area contributed by atoms with Crippen LogP contribution in [0.25, 0.3) is 0 Å². The molecule has 0 saturated carbocycles. The molecule has 27 heavy (non-hydrogen) atoms. The average molecular weight is 452 g/mol. The van der Waals surface area contributed by atoms with E-state index in [4.69, 9.17) is 39.5 Å². The zero-order valence-electron chi connectivity index (χ0n) is 14.4. The Morgan fingerprint density at radius 3 is 2.22 bits per heavy atom. The molecule has 10 heteroatoms. The fourth-order valence-electron chi connectivity index (χ4n) is 2.05. The van der Waals surface area contributed by atoms with Gasteiger partial charge in [-0.3, -0.25) is 4.79 Å². The van der Waals surface area contributed by atoms with Crippen LogP contribution in [0, 0.1) is 0 Å². The Morgan fingerprint density at radius 2 is 1.63 bits per heavy atom. The summed E-state index contributed by atoms with van der Waals surface area (Å²) in [5.41, 5.74) is 0.423. The maximum Gasteiger partial charge on any atom is 0.262 e. The molecule has 0 heterocycles. The summed E-state index contributed by atoms with van der Waals surface area (Å²) in [5.74, 6) is -0.226. The number of rotatable bonds is 7. The van der Waals surface area contributed by atoms with Crippen molar-refractivity contribution < 1.29 is 17.9 Å². The summed E-state index contributed by atoms with van der Waals surface area (Å²) in [6, 6.07) is 8.38. The zero-order chi connectivity index (χ0) is 20.2. The lowest BCUT2D eigenvalue weighted by Crippen LogP contribution is -2.30. The predicted molar refractivity (Wildman–Crippen MR) is 107 cm³/mol. The van der Waals surface area contributed by atoms with E-state index in [-0.39, 0.29) is 38.4 Å². The molecular weight excluding hydrogens is 435 g/mol. The monoisotopic (exact) mass is 450 g/mol. The van der Waals surface area contributed by atoms with E-state index in [2.05, 4.69) is 10.0 Å². The first-order valence-corrected chi connectivity index (χ1v) is 10.4. The van der Waals surface area contributed by atoms with Gasteiger partial charge >= 0.3 is 0 Å². The number of ether oxygens (including phenoxy) is 1. The summed E-state index contributed by atoms with van der Waals surface area (Å²) in [4.78, 5) is 12.1. The predicted octanol–water partition coefficient (Wildman–Crippen LogP) is 4.35. The van der Waals surface area contributed by atoms with Crippen molar-refractivity contribution in [2.24, 2.45) is 0 Å². The number of anilines is 1. The smallest absolute Gasteiger partial charge is 0.262 e. The SMILES string of the molecule is CC(C)NS(=O)(=O)c1ccc(NC(=O)COc2cc(Cl)c(Cl)cc2Cl)cc1. The molecule has 0 aliphatic heterocycles. The molecule has 146 valence electrons. The number of hydrogen-bond donors (Lipinski definition) is 2. The molecule has 0 saturated heterocycles. The van der Waals surface area contributed by atoms with E-state index >= 15 is 0 Å². The number of amides is 1. The van der Waals surface area contributed by atoms with Crippen LogP contribution >= 0.6 is 34.8 Å². The molecule has 0 atom stereocenters. The topological polar surface area (TPSA) is 84.5 Å². The highest BCUT2D eigenvalue weighted by Crippen LogP contribution is 2.33. The van der Waals surface area contributed by atoms with Crippen molar-refractivity contribution in [1.29, 1.82) is 0 Å². The summed E-state index contributed by atoms with van der Waals surface area (Å²) in [7, 11) is -3.59. The molecule has 2 N–H and O–H groups in total. The van der Waals surface area contributed by atoms with Crippen LogP contribution in [0.5, 0.6) is 5.75 Å². The van der Waals surface area contributed by atoms with Crippen molar-refractivity contribution in [1.82, 2.24) is 4.72 Å². The molecule has 0 aliphatic carbocycles. The molecule has 2 aromatic carbocycles. The van der Waals surface area contributed by atoms with Gasteiger partial charge in [-0.1, -0.05) is 34.8 Å². The summed E-state index contributed by atoms with van der Waals surface area (Å²) in [6.07, 6.45) is 0. The van der Waals surface area contributed by atoms with Gasteiger partial charge in [-0.05, 0) is 44.2 Å². The van der Waals surface area contributed by atoms with Gasteiger partial charge in [0, 0.05) is 17.8 Å². The number of benzene rings is 2. The number of halogens is 3. The van der Waals surface area contributed by atoms with Gasteiger partial charge in [0.25, 0.3) is 5.91 Å². The fourth-order valence-corrected chi connectivity index (χ4v) is 3.89. The first kappa shape index (κ1) is 21.8. The largest absolute Gasteiger partial charge is 0.482 e. The van der Waals surface area contributed by atoms with Crippen molar-refractivity contribution in [3.63, 3.8) is 0 Å². The molecule has 6 nitrogen and oxygen atoms in total. The van der Waals surface area contributed by atoms with Crippen molar-refractivity contribution in [2.45, 2.75) is 24.8 Å². The van der Waals surface area contributed by atoms with E-state index in [1.54, 1.807) is 13.8 Å². The van der Waals surface area contributed by atoms with Crippen LogP contribution in [0.1, 0.15) is 13.8 Å². The van der Waals surface area contributed by atoms with Crippen LogP contribution in [0.2, 0.25) is 15.1 Å². The highest BCUT2D eigenvalue weighted by atomic mass is 35.5. The molecule has 1 amide bonds. The van der Waals surface area contributed by atoms with Crippen LogP contribution in [0.15, 0.2) is 41.3 Å². The Labute approximate surface area is 172 Å².